The summed E-state index contributed by atoms with van der Waals surface area (Å²) >= 11 is 0. The topological polar surface area (TPSA) is 77.2 Å². The molecule has 21 heavy (non-hydrogen) atoms. The fourth-order valence-electron chi connectivity index (χ4n) is 2.26. The lowest BCUT2D eigenvalue weighted by Crippen LogP contribution is -2.06. The number of carboxylic acid groups (broad SMARTS) is 1. The minimum Gasteiger partial charge on any atom is -0.492 e. The van der Waals surface area contributed by atoms with Crippen molar-refractivity contribution >= 4 is 17.0 Å². The molecular formula is C15H21N3O3. The van der Waals surface area contributed by atoms with Crippen molar-refractivity contribution in [3.05, 3.63) is 18.0 Å². The van der Waals surface area contributed by atoms with Gasteiger partial charge in [-0.25, -0.2) is 9.78 Å². The molecule has 2 aromatic heterocycles. The second-order valence-electron chi connectivity index (χ2n) is 5.07. The number of carboxylic acids is 1. The Balaban J connectivity index is 2.12. The zero-order valence-corrected chi connectivity index (χ0v) is 12.5. The highest BCUT2D eigenvalue weighted by molar-refractivity contribution is 5.97. The van der Waals surface area contributed by atoms with E-state index in [0.29, 0.717) is 23.4 Å². The van der Waals surface area contributed by atoms with E-state index < -0.39 is 5.97 Å². The highest BCUT2D eigenvalue weighted by atomic mass is 16.5. The van der Waals surface area contributed by atoms with Crippen molar-refractivity contribution < 1.29 is 14.6 Å². The van der Waals surface area contributed by atoms with E-state index in [9.17, 15) is 9.90 Å². The maximum absolute atomic E-state index is 11.3. The van der Waals surface area contributed by atoms with E-state index in [4.69, 9.17) is 4.74 Å². The van der Waals surface area contributed by atoms with Gasteiger partial charge in [-0.3, -0.25) is 4.68 Å². The first-order chi connectivity index (χ1) is 10.1. The lowest BCUT2D eigenvalue weighted by molar-refractivity contribution is 0.0692. The third-order valence-corrected chi connectivity index (χ3v) is 3.44. The molecule has 114 valence electrons. The van der Waals surface area contributed by atoms with Gasteiger partial charge in [-0.05, 0) is 6.42 Å². The van der Waals surface area contributed by atoms with Gasteiger partial charge in [0.15, 0.2) is 5.65 Å². The number of hydrogen-bond acceptors (Lipinski definition) is 4. The second kappa shape index (κ2) is 7.06. The standard InChI is InChI=1S/C15H21N3O3/c1-3-4-5-6-7-8-21-13-11-10-17-18(2)14(11)16-9-12(13)15(19)20/h9-10H,3-8H2,1-2H3,(H,19,20). The number of carbonyl (C=O) groups is 1. The third-order valence-electron chi connectivity index (χ3n) is 3.44. The maximum Gasteiger partial charge on any atom is 0.341 e. The molecule has 0 fully saturated rings. The molecule has 0 unspecified atom stereocenters. The van der Waals surface area contributed by atoms with Gasteiger partial charge < -0.3 is 9.84 Å². The predicted molar refractivity (Wildman–Crippen MR) is 79.7 cm³/mol. The summed E-state index contributed by atoms with van der Waals surface area (Å²) in [6.07, 6.45) is 8.55. The van der Waals surface area contributed by atoms with Gasteiger partial charge >= 0.3 is 5.97 Å². The fraction of sp³-hybridized carbons (Fsp3) is 0.533. The predicted octanol–water partition coefficient (Wildman–Crippen LogP) is 3.02. The molecule has 0 spiro atoms. The van der Waals surface area contributed by atoms with Crippen LogP contribution in [-0.4, -0.2) is 32.4 Å². The van der Waals surface area contributed by atoms with Crippen LogP contribution < -0.4 is 4.74 Å². The van der Waals surface area contributed by atoms with E-state index in [1.54, 1.807) is 17.9 Å². The SMILES string of the molecule is CCCCCCCOc1c(C(=O)O)cnc2c1cnn2C. The Labute approximate surface area is 123 Å². The molecule has 2 aromatic rings. The zero-order valence-electron chi connectivity index (χ0n) is 12.5. The third kappa shape index (κ3) is 3.51. The van der Waals surface area contributed by atoms with E-state index in [1.165, 1.54) is 25.5 Å². The van der Waals surface area contributed by atoms with Crippen molar-refractivity contribution in [2.45, 2.75) is 39.0 Å². The van der Waals surface area contributed by atoms with Gasteiger partial charge in [-0.15, -0.1) is 0 Å². The molecule has 0 radical (unpaired) electrons. The molecule has 6 nitrogen and oxygen atoms in total. The molecular weight excluding hydrogens is 270 g/mol. The molecule has 6 heteroatoms. The Kier molecular flexibility index (Phi) is 5.14. The van der Waals surface area contributed by atoms with Crippen LogP contribution in [0.15, 0.2) is 12.4 Å². The molecule has 0 aromatic carbocycles. The number of hydrogen-bond donors (Lipinski definition) is 1. The summed E-state index contributed by atoms with van der Waals surface area (Å²) in [5.74, 6) is -0.662. The second-order valence-corrected chi connectivity index (χ2v) is 5.07. The van der Waals surface area contributed by atoms with E-state index in [0.717, 1.165) is 12.8 Å². The molecule has 2 rings (SSSR count). The van der Waals surface area contributed by atoms with Crippen molar-refractivity contribution in [3.63, 3.8) is 0 Å². The van der Waals surface area contributed by atoms with Crippen molar-refractivity contribution in [2.75, 3.05) is 6.61 Å². The summed E-state index contributed by atoms with van der Waals surface area (Å²) in [6.45, 7) is 2.68. The Morgan fingerprint density at radius 3 is 2.76 bits per heavy atom. The zero-order chi connectivity index (χ0) is 15.2. The van der Waals surface area contributed by atoms with Gasteiger partial charge in [-0.1, -0.05) is 32.6 Å². The lowest BCUT2D eigenvalue weighted by atomic mass is 10.1. The van der Waals surface area contributed by atoms with Crippen LogP contribution in [0.3, 0.4) is 0 Å². The quantitative estimate of drug-likeness (QED) is 0.756. The van der Waals surface area contributed by atoms with Gasteiger partial charge in [0.1, 0.15) is 11.3 Å². The first kappa shape index (κ1) is 15.3. The van der Waals surface area contributed by atoms with Crippen molar-refractivity contribution in [1.29, 1.82) is 0 Å². The molecule has 0 aliphatic heterocycles. The minimum absolute atomic E-state index is 0.0871. The highest BCUT2D eigenvalue weighted by Crippen LogP contribution is 2.28. The molecule has 0 aliphatic carbocycles. The van der Waals surface area contributed by atoms with Crippen LogP contribution in [0.5, 0.6) is 5.75 Å². The van der Waals surface area contributed by atoms with Gasteiger partial charge in [0.2, 0.25) is 0 Å². The highest BCUT2D eigenvalue weighted by Gasteiger charge is 2.18. The van der Waals surface area contributed by atoms with Crippen molar-refractivity contribution in [3.8, 4) is 5.75 Å². The number of aromatic carboxylic acids is 1. The minimum atomic E-state index is -1.03. The lowest BCUT2D eigenvalue weighted by Gasteiger charge is -2.10. The average molecular weight is 291 g/mol. The number of ether oxygens (including phenoxy) is 1. The van der Waals surface area contributed by atoms with Gasteiger partial charge in [0.25, 0.3) is 0 Å². The molecule has 0 amide bonds. The number of aromatic nitrogens is 3. The number of aryl methyl sites for hydroxylation is 1. The van der Waals surface area contributed by atoms with Crippen LogP contribution in [-0.2, 0) is 7.05 Å². The summed E-state index contributed by atoms with van der Waals surface area (Å²) in [7, 11) is 1.77. The Hall–Kier alpha value is -2.11. The van der Waals surface area contributed by atoms with E-state index in [-0.39, 0.29) is 5.56 Å². The van der Waals surface area contributed by atoms with Gasteiger partial charge in [0, 0.05) is 13.2 Å². The van der Waals surface area contributed by atoms with Crippen LogP contribution in [0, 0.1) is 0 Å². The van der Waals surface area contributed by atoms with Gasteiger partial charge in [-0.2, -0.15) is 5.10 Å². The largest absolute Gasteiger partial charge is 0.492 e. The number of unbranched alkanes of at least 4 members (excludes halogenated alkanes) is 4. The van der Waals surface area contributed by atoms with E-state index in [1.807, 2.05) is 0 Å². The number of fused-ring (bicyclic) bond motifs is 1. The van der Waals surface area contributed by atoms with Gasteiger partial charge in [0.05, 0.1) is 18.2 Å². The summed E-state index contributed by atoms with van der Waals surface area (Å²) in [6, 6.07) is 0. The van der Waals surface area contributed by atoms with Crippen LogP contribution in [0.2, 0.25) is 0 Å². The number of rotatable bonds is 8. The van der Waals surface area contributed by atoms with E-state index in [2.05, 4.69) is 17.0 Å². The van der Waals surface area contributed by atoms with Crippen molar-refractivity contribution in [2.24, 2.45) is 7.05 Å². The summed E-state index contributed by atoms with van der Waals surface area (Å²) in [5.41, 5.74) is 0.713. The summed E-state index contributed by atoms with van der Waals surface area (Å²) in [5, 5.41) is 14.0. The number of pyridine rings is 1. The fourth-order valence-corrected chi connectivity index (χ4v) is 2.26. The van der Waals surface area contributed by atoms with Crippen LogP contribution in [0.25, 0.3) is 11.0 Å². The summed E-state index contributed by atoms with van der Waals surface area (Å²) in [4.78, 5) is 15.4. The smallest absolute Gasteiger partial charge is 0.341 e. The van der Waals surface area contributed by atoms with E-state index >= 15 is 0 Å². The summed E-state index contributed by atoms with van der Waals surface area (Å²) < 4.78 is 7.34. The van der Waals surface area contributed by atoms with Crippen LogP contribution >= 0.6 is 0 Å². The Morgan fingerprint density at radius 2 is 2.05 bits per heavy atom. The molecule has 1 N–H and O–H groups in total. The normalized spacial score (nSPS) is 11.0. The average Bonchev–Trinajstić information content (AvgIpc) is 2.84. The molecule has 0 saturated carbocycles. The first-order valence-corrected chi connectivity index (χ1v) is 7.32. The molecule has 0 saturated heterocycles. The Bertz CT molecular complexity index is 622. The molecule has 0 bridgehead atoms. The Morgan fingerprint density at radius 1 is 1.29 bits per heavy atom. The van der Waals surface area contributed by atoms with Crippen molar-refractivity contribution in [1.82, 2.24) is 14.8 Å². The molecule has 0 atom stereocenters. The van der Waals surface area contributed by atoms with Crippen LogP contribution in [0.4, 0.5) is 0 Å². The molecule has 2 heterocycles. The van der Waals surface area contributed by atoms with Crippen LogP contribution in [0.1, 0.15) is 49.4 Å². The monoisotopic (exact) mass is 291 g/mol. The first-order valence-electron chi connectivity index (χ1n) is 7.32. The number of nitrogens with zero attached hydrogens (tertiary/aromatic N) is 3. The maximum atomic E-state index is 11.3. The molecule has 0 aliphatic rings.